The lowest BCUT2D eigenvalue weighted by Crippen LogP contribution is -2.32. The quantitative estimate of drug-likeness (QED) is 0.732. The van der Waals surface area contributed by atoms with E-state index in [1.165, 1.54) is 22.3 Å². The molecule has 0 aliphatic carbocycles. The molecule has 1 aromatic heterocycles. The highest BCUT2D eigenvalue weighted by atomic mass is 32.1. The molecule has 0 radical (unpaired) electrons. The van der Waals surface area contributed by atoms with Crippen LogP contribution in [0.3, 0.4) is 0 Å². The number of carbonyl (C=O) groups excluding carboxylic acids is 2. The summed E-state index contributed by atoms with van der Waals surface area (Å²) in [6.45, 7) is 7.67. The van der Waals surface area contributed by atoms with E-state index < -0.39 is 23.1 Å². The summed E-state index contributed by atoms with van der Waals surface area (Å²) in [6.07, 6.45) is 0. The number of thiophene rings is 1. The summed E-state index contributed by atoms with van der Waals surface area (Å²) in [4.78, 5) is 28.5. The van der Waals surface area contributed by atoms with Crippen LogP contribution in [0.15, 0.2) is 47.0 Å². The van der Waals surface area contributed by atoms with Crippen molar-refractivity contribution in [2.45, 2.75) is 40.3 Å². The maximum absolute atomic E-state index is 13.2. The fraction of sp³-hybridized carbons (Fsp3) is 0.364. The van der Waals surface area contributed by atoms with Crippen LogP contribution in [0, 0.1) is 5.41 Å². The summed E-state index contributed by atoms with van der Waals surface area (Å²) in [6, 6.07) is 7.76. The number of hydrogen-bond acceptors (Lipinski definition) is 6. The Balaban J connectivity index is 2.13. The van der Waals surface area contributed by atoms with E-state index in [4.69, 9.17) is 4.74 Å². The van der Waals surface area contributed by atoms with Gasteiger partial charge in [0, 0.05) is 10.3 Å². The Bertz CT molecular complexity index is 956. The normalized spacial score (nSPS) is 17.2. The number of phenolic OH excluding ortho intramolecular Hbond substituents is 1. The third kappa shape index (κ3) is 4.00. The van der Waals surface area contributed by atoms with Gasteiger partial charge in [0.05, 0.1) is 24.8 Å². The van der Waals surface area contributed by atoms with Gasteiger partial charge in [0.25, 0.3) is 5.91 Å². The predicted octanol–water partition coefficient (Wildman–Crippen LogP) is 4.36. The molecule has 1 atom stereocenters. The third-order valence-corrected chi connectivity index (χ3v) is 5.60. The lowest BCUT2D eigenvalue weighted by molar-refractivity contribution is -0.130. The van der Waals surface area contributed by atoms with E-state index in [1.807, 2.05) is 17.5 Å². The summed E-state index contributed by atoms with van der Waals surface area (Å²) >= 11 is 1.50. The van der Waals surface area contributed by atoms with Gasteiger partial charge in [-0.25, -0.2) is 0 Å². The molecule has 2 heterocycles. The number of nitrogens with zero attached hydrogens (tertiary/aromatic N) is 1. The molecule has 0 saturated carbocycles. The van der Waals surface area contributed by atoms with Crippen LogP contribution in [0.25, 0.3) is 0 Å². The molecule has 7 heteroatoms. The Labute approximate surface area is 174 Å². The maximum atomic E-state index is 13.2. The third-order valence-electron chi connectivity index (χ3n) is 4.74. The van der Waals surface area contributed by atoms with E-state index in [0.29, 0.717) is 12.2 Å². The summed E-state index contributed by atoms with van der Waals surface area (Å²) in [7, 11) is 0. The Hall–Kier alpha value is -2.80. The van der Waals surface area contributed by atoms with Gasteiger partial charge in [-0.3, -0.25) is 9.59 Å². The number of hydrogen-bond donors (Lipinski definition) is 2. The van der Waals surface area contributed by atoms with E-state index >= 15 is 0 Å². The van der Waals surface area contributed by atoms with Gasteiger partial charge in [-0.2, -0.15) is 0 Å². The fourth-order valence-corrected chi connectivity index (χ4v) is 4.04. The second-order valence-electron chi connectivity index (χ2n) is 7.92. The molecule has 0 spiro atoms. The van der Waals surface area contributed by atoms with E-state index in [1.54, 1.807) is 39.8 Å². The number of phenols is 1. The number of ether oxygens (including phenoxy) is 1. The zero-order chi connectivity index (χ0) is 21.3. The highest BCUT2D eigenvalue weighted by Gasteiger charge is 2.46. The van der Waals surface area contributed by atoms with Crippen LogP contribution in [0.5, 0.6) is 11.5 Å². The van der Waals surface area contributed by atoms with E-state index in [0.717, 1.165) is 4.88 Å². The van der Waals surface area contributed by atoms with Crippen molar-refractivity contribution in [3.05, 3.63) is 57.5 Å². The van der Waals surface area contributed by atoms with Crippen LogP contribution in [0.4, 0.5) is 0 Å². The smallest absolute Gasteiger partial charge is 0.290 e. The number of Topliss-reactive ketones (excluding diaryl/α,β-unsaturated/α-hetero) is 1. The number of carbonyl (C=O) groups is 2. The maximum Gasteiger partial charge on any atom is 0.290 e. The van der Waals surface area contributed by atoms with Gasteiger partial charge >= 0.3 is 0 Å². The van der Waals surface area contributed by atoms with E-state index in [2.05, 4.69) is 0 Å². The summed E-state index contributed by atoms with van der Waals surface area (Å²) in [5.74, 6) is -1.16. The number of aromatic hydroxyl groups is 1. The van der Waals surface area contributed by atoms with Crippen LogP contribution in [0.1, 0.15) is 44.2 Å². The topological polar surface area (TPSA) is 87.1 Å². The van der Waals surface area contributed by atoms with Crippen molar-refractivity contribution in [1.82, 2.24) is 4.90 Å². The number of ketones is 1. The second-order valence-corrected chi connectivity index (χ2v) is 8.95. The average molecular weight is 416 g/mol. The summed E-state index contributed by atoms with van der Waals surface area (Å²) < 4.78 is 5.48. The molecule has 0 bridgehead atoms. The number of benzene rings is 1. The van der Waals surface area contributed by atoms with Crippen molar-refractivity contribution < 1.29 is 24.5 Å². The molecule has 1 aliphatic heterocycles. The molecular formula is C22H25NO5S. The monoisotopic (exact) mass is 415 g/mol. The van der Waals surface area contributed by atoms with Gasteiger partial charge < -0.3 is 19.8 Å². The Kier molecular flexibility index (Phi) is 5.71. The van der Waals surface area contributed by atoms with Crippen molar-refractivity contribution in [2.24, 2.45) is 5.41 Å². The molecule has 1 unspecified atom stereocenters. The van der Waals surface area contributed by atoms with Gasteiger partial charge in [0.15, 0.2) is 23.0 Å². The zero-order valence-electron chi connectivity index (χ0n) is 16.9. The molecule has 3 rings (SSSR count). The molecule has 1 aromatic carbocycles. The van der Waals surface area contributed by atoms with Gasteiger partial charge in [0.2, 0.25) is 0 Å². The largest absolute Gasteiger partial charge is 0.504 e. The van der Waals surface area contributed by atoms with Gasteiger partial charge in [-0.1, -0.05) is 32.9 Å². The highest BCUT2D eigenvalue weighted by Crippen LogP contribution is 2.43. The van der Waals surface area contributed by atoms with Crippen LogP contribution >= 0.6 is 11.3 Å². The first kappa shape index (κ1) is 20.9. The van der Waals surface area contributed by atoms with Gasteiger partial charge in [-0.05, 0) is 36.1 Å². The lowest BCUT2D eigenvalue weighted by Gasteiger charge is -2.29. The molecular weight excluding hydrogens is 390 g/mol. The minimum Gasteiger partial charge on any atom is -0.504 e. The molecule has 1 amide bonds. The minimum absolute atomic E-state index is 0.0263. The summed E-state index contributed by atoms with van der Waals surface area (Å²) in [5.41, 5.74) is -0.111. The fourth-order valence-electron chi connectivity index (χ4n) is 3.34. The predicted molar refractivity (Wildman–Crippen MR) is 111 cm³/mol. The number of amides is 1. The van der Waals surface area contributed by atoms with Crippen LogP contribution < -0.4 is 4.74 Å². The van der Waals surface area contributed by atoms with Crippen LogP contribution in [-0.4, -0.2) is 33.4 Å². The molecule has 2 N–H and O–H groups in total. The van der Waals surface area contributed by atoms with Crippen LogP contribution in [-0.2, 0) is 16.1 Å². The van der Waals surface area contributed by atoms with Crippen molar-refractivity contribution in [1.29, 1.82) is 0 Å². The molecule has 29 heavy (non-hydrogen) atoms. The van der Waals surface area contributed by atoms with Gasteiger partial charge in [-0.15, -0.1) is 11.3 Å². The highest BCUT2D eigenvalue weighted by molar-refractivity contribution is 7.09. The molecule has 2 aromatic rings. The SMILES string of the molecule is CCOc1cc(C2C(C(=O)C(C)(C)C)=C(O)C(=O)N2Cc2cccs2)ccc1O. The standard InChI is InChI=1S/C22H25NO5S/c1-5-28-16-11-13(8-9-15(16)24)18-17(20(26)22(2,3)4)19(25)21(27)23(18)12-14-7-6-10-29-14/h6-11,18,24-25H,5,12H2,1-4H3. The number of rotatable bonds is 6. The molecule has 0 saturated heterocycles. The van der Waals surface area contributed by atoms with Gasteiger partial charge in [0.1, 0.15) is 0 Å². The van der Waals surface area contributed by atoms with Crippen molar-refractivity contribution in [3.63, 3.8) is 0 Å². The van der Waals surface area contributed by atoms with Crippen molar-refractivity contribution in [2.75, 3.05) is 6.61 Å². The first-order chi connectivity index (χ1) is 13.6. The average Bonchev–Trinajstić information content (AvgIpc) is 3.25. The number of aliphatic hydroxyl groups is 1. The van der Waals surface area contributed by atoms with E-state index in [9.17, 15) is 19.8 Å². The minimum atomic E-state index is -0.777. The lowest BCUT2D eigenvalue weighted by atomic mass is 9.82. The van der Waals surface area contributed by atoms with E-state index in [-0.39, 0.29) is 29.4 Å². The van der Waals surface area contributed by atoms with Crippen molar-refractivity contribution >= 4 is 23.0 Å². The first-order valence-electron chi connectivity index (χ1n) is 9.42. The van der Waals surface area contributed by atoms with Crippen LogP contribution in [0.2, 0.25) is 0 Å². The molecule has 6 nitrogen and oxygen atoms in total. The van der Waals surface area contributed by atoms with Crippen molar-refractivity contribution in [3.8, 4) is 11.5 Å². The summed E-state index contributed by atoms with van der Waals surface area (Å²) in [5, 5.41) is 22.6. The zero-order valence-corrected chi connectivity index (χ0v) is 17.7. The Morgan fingerprint density at radius 3 is 2.55 bits per heavy atom. The number of aliphatic hydroxyl groups excluding tert-OH is 1. The molecule has 0 fully saturated rings. The first-order valence-corrected chi connectivity index (χ1v) is 10.3. The Morgan fingerprint density at radius 1 is 1.24 bits per heavy atom. The molecule has 154 valence electrons. The Morgan fingerprint density at radius 2 is 1.97 bits per heavy atom. The second kappa shape index (κ2) is 7.91. The molecule has 1 aliphatic rings.